The number of anilines is 3. The Morgan fingerprint density at radius 1 is 1.23 bits per heavy atom. The van der Waals surface area contributed by atoms with Crippen LogP contribution in [0.25, 0.3) is 0 Å². The summed E-state index contributed by atoms with van der Waals surface area (Å²) in [7, 11) is 0. The number of hydrogen-bond donors (Lipinski definition) is 3. The zero-order chi connectivity index (χ0) is 18.3. The van der Waals surface area contributed by atoms with E-state index in [0.717, 1.165) is 48.1 Å². The first kappa shape index (κ1) is 16.5. The highest BCUT2D eigenvalue weighted by Gasteiger charge is 2.44. The van der Waals surface area contributed by atoms with Gasteiger partial charge in [-0.05, 0) is 43.0 Å². The Morgan fingerprint density at radius 2 is 2.00 bits per heavy atom. The Morgan fingerprint density at radius 3 is 2.73 bits per heavy atom. The number of carbonyl (C=O) groups excluding carboxylic acids is 2. The van der Waals surface area contributed by atoms with Gasteiger partial charge in [0.2, 0.25) is 0 Å². The molecule has 0 radical (unpaired) electrons. The van der Waals surface area contributed by atoms with E-state index in [-0.39, 0.29) is 22.8 Å². The van der Waals surface area contributed by atoms with E-state index in [9.17, 15) is 9.59 Å². The average molecular weight is 351 g/mol. The van der Waals surface area contributed by atoms with Crippen LogP contribution in [0.4, 0.5) is 17.3 Å². The third kappa shape index (κ3) is 2.51. The van der Waals surface area contributed by atoms with Gasteiger partial charge in [-0.15, -0.1) is 0 Å². The van der Waals surface area contributed by atoms with Gasteiger partial charge in [0.15, 0.2) is 6.29 Å². The molecule has 1 aliphatic heterocycles. The van der Waals surface area contributed by atoms with Crippen LogP contribution >= 0.6 is 0 Å². The summed E-state index contributed by atoms with van der Waals surface area (Å²) in [5.41, 5.74) is 9.21. The summed E-state index contributed by atoms with van der Waals surface area (Å²) in [5.74, 6) is 0.503. The van der Waals surface area contributed by atoms with E-state index >= 15 is 0 Å². The Hall–Kier alpha value is -2.96. The van der Waals surface area contributed by atoms with Crippen molar-refractivity contribution in [3.05, 3.63) is 40.7 Å². The SMILES string of the molecule is Cc1cc(Nc2ncnc(N)c2C=O)cc2c1C(=O)NC21CCCCC1. The van der Waals surface area contributed by atoms with Crippen molar-refractivity contribution in [2.24, 2.45) is 0 Å². The number of aldehydes is 1. The molecule has 7 heteroatoms. The van der Waals surface area contributed by atoms with Crippen molar-refractivity contribution in [1.82, 2.24) is 15.3 Å². The number of aromatic nitrogens is 2. The Labute approximate surface area is 151 Å². The van der Waals surface area contributed by atoms with Crippen LogP contribution in [0.15, 0.2) is 18.5 Å². The Balaban J connectivity index is 1.78. The van der Waals surface area contributed by atoms with Crippen LogP contribution in [0.1, 0.15) is 63.9 Å². The minimum absolute atomic E-state index is 0.00538. The molecule has 2 aromatic rings. The topological polar surface area (TPSA) is 110 Å². The lowest BCUT2D eigenvalue weighted by Crippen LogP contribution is -2.40. The summed E-state index contributed by atoms with van der Waals surface area (Å²) in [6, 6.07) is 3.89. The molecule has 1 amide bonds. The van der Waals surface area contributed by atoms with Gasteiger partial charge in [-0.2, -0.15) is 0 Å². The van der Waals surface area contributed by atoms with Crippen molar-refractivity contribution in [1.29, 1.82) is 0 Å². The van der Waals surface area contributed by atoms with E-state index in [4.69, 9.17) is 5.73 Å². The zero-order valence-corrected chi connectivity index (χ0v) is 14.6. The minimum Gasteiger partial charge on any atom is -0.383 e. The van der Waals surface area contributed by atoms with E-state index in [1.807, 2.05) is 19.1 Å². The molecule has 1 aromatic heterocycles. The number of nitrogen functional groups attached to an aromatic ring is 1. The number of rotatable bonds is 3. The molecule has 134 valence electrons. The summed E-state index contributed by atoms with van der Waals surface area (Å²) in [5, 5.41) is 6.40. The predicted molar refractivity (Wildman–Crippen MR) is 98.5 cm³/mol. The highest BCUT2D eigenvalue weighted by atomic mass is 16.2. The van der Waals surface area contributed by atoms with Gasteiger partial charge in [0.1, 0.15) is 18.0 Å². The minimum atomic E-state index is -0.273. The van der Waals surface area contributed by atoms with Crippen LogP contribution in [0.5, 0.6) is 0 Å². The molecule has 0 bridgehead atoms. The number of nitrogens with zero attached hydrogens (tertiary/aromatic N) is 2. The number of nitrogens with one attached hydrogen (secondary N) is 2. The van der Waals surface area contributed by atoms with Crippen LogP contribution in [0.3, 0.4) is 0 Å². The van der Waals surface area contributed by atoms with Gasteiger partial charge < -0.3 is 16.4 Å². The quantitative estimate of drug-likeness (QED) is 0.734. The van der Waals surface area contributed by atoms with Gasteiger partial charge in [0.05, 0.1) is 11.1 Å². The molecular formula is C19H21N5O2. The standard InChI is InChI=1S/C19H21N5O2/c1-11-7-12(23-17-13(9-25)16(20)21-10-22-17)8-14-15(11)18(26)24-19(14)5-3-2-4-6-19/h7-10H,2-6H2,1H3,(H,24,26)(H3,20,21,22,23). The summed E-state index contributed by atoms with van der Waals surface area (Å²) >= 11 is 0. The van der Waals surface area contributed by atoms with Crippen LogP contribution in [-0.4, -0.2) is 22.2 Å². The monoisotopic (exact) mass is 351 g/mol. The predicted octanol–water partition coefficient (Wildman–Crippen LogP) is 2.83. The lowest BCUT2D eigenvalue weighted by Gasteiger charge is -2.34. The van der Waals surface area contributed by atoms with Gasteiger partial charge in [0, 0.05) is 11.3 Å². The molecular weight excluding hydrogens is 330 g/mol. The second-order valence-electron chi connectivity index (χ2n) is 7.08. The molecule has 7 nitrogen and oxygen atoms in total. The van der Waals surface area contributed by atoms with Crippen LogP contribution in [-0.2, 0) is 5.54 Å². The molecule has 4 N–H and O–H groups in total. The van der Waals surface area contributed by atoms with Gasteiger partial charge >= 0.3 is 0 Å². The Kier molecular flexibility index (Phi) is 3.86. The maximum atomic E-state index is 12.6. The molecule has 0 saturated heterocycles. The average Bonchev–Trinajstić information content (AvgIpc) is 2.88. The van der Waals surface area contributed by atoms with E-state index in [1.165, 1.54) is 12.7 Å². The fourth-order valence-corrected chi connectivity index (χ4v) is 4.20. The first-order valence-corrected chi connectivity index (χ1v) is 8.84. The third-order valence-electron chi connectivity index (χ3n) is 5.43. The second kappa shape index (κ2) is 6.09. The summed E-state index contributed by atoms with van der Waals surface area (Å²) < 4.78 is 0. The molecule has 0 unspecified atom stereocenters. The normalized spacial score (nSPS) is 17.7. The van der Waals surface area contributed by atoms with Crippen LogP contribution in [0.2, 0.25) is 0 Å². The van der Waals surface area contributed by atoms with Gasteiger partial charge in [-0.3, -0.25) is 9.59 Å². The summed E-state index contributed by atoms with van der Waals surface area (Å²) in [6.45, 7) is 1.93. The maximum Gasteiger partial charge on any atom is 0.252 e. The van der Waals surface area contributed by atoms with Crippen molar-refractivity contribution in [2.75, 3.05) is 11.1 Å². The van der Waals surface area contributed by atoms with Gasteiger partial charge in [0.25, 0.3) is 5.91 Å². The second-order valence-corrected chi connectivity index (χ2v) is 7.08. The van der Waals surface area contributed by atoms with E-state index in [1.54, 1.807) is 0 Å². The molecule has 26 heavy (non-hydrogen) atoms. The molecule has 1 spiro atoms. The Bertz CT molecular complexity index is 903. The molecule has 4 rings (SSSR count). The van der Waals surface area contributed by atoms with E-state index < -0.39 is 0 Å². The highest BCUT2D eigenvalue weighted by Crippen LogP contribution is 2.44. The number of hydrogen-bond acceptors (Lipinski definition) is 6. The maximum absolute atomic E-state index is 12.6. The smallest absolute Gasteiger partial charge is 0.252 e. The number of nitrogens with two attached hydrogens (primary N) is 1. The van der Waals surface area contributed by atoms with E-state index in [0.29, 0.717) is 12.1 Å². The molecule has 1 fully saturated rings. The number of aryl methyl sites for hydroxylation is 1. The van der Waals surface area contributed by atoms with Crippen molar-refractivity contribution in [3.63, 3.8) is 0 Å². The number of carbonyl (C=O) groups is 2. The summed E-state index contributed by atoms with van der Waals surface area (Å²) in [4.78, 5) is 31.9. The third-order valence-corrected chi connectivity index (χ3v) is 5.43. The molecule has 1 aliphatic carbocycles. The highest BCUT2D eigenvalue weighted by molar-refractivity contribution is 6.02. The van der Waals surface area contributed by atoms with Crippen LogP contribution in [0, 0.1) is 6.92 Å². The first-order chi connectivity index (χ1) is 12.5. The number of amides is 1. The molecule has 1 saturated carbocycles. The molecule has 2 aliphatic rings. The lowest BCUT2D eigenvalue weighted by atomic mass is 9.77. The van der Waals surface area contributed by atoms with Crippen molar-refractivity contribution in [3.8, 4) is 0 Å². The molecule has 2 heterocycles. The van der Waals surface area contributed by atoms with Crippen LogP contribution < -0.4 is 16.4 Å². The van der Waals surface area contributed by atoms with Gasteiger partial charge in [-0.25, -0.2) is 9.97 Å². The fourth-order valence-electron chi connectivity index (χ4n) is 4.20. The van der Waals surface area contributed by atoms with Gasteiger partial charge in [-0.1, -0.05) is 19.3 Å². The van der Waals surface area contributed by atoms with E-state index in [2.05, 4.69) is 20.6 Å². The summed E-state index contributed by atoms with van der Waals surface area (Å²) in [6.07, 6.45) is 7.28. The van der Waals surface area contributed by atoms with Crippen molar-refractivity contribution in [2.45, 2.75) is 44.6 Å². The van der Waals surface area contributed by atoms with Crippen molar-refractivity contribution < 1.29 is 9.59 Å². The van der Waals surface area contributed by atoms with Crippen molar-refractivity contribution >= 4 is 29.5 Å². The fraction of sp³-hybridized carbons (Fsp3) is 0.368. The molecule has 1 aromatic carbocycles. The lowest BCUT2D eigenvalue weighted by molar-refractivity contribution is 0.0909. The first-order valence-electron chi connectivity index (χ1n) is 8.84. The number of benzene rings is 1. The largest absolute Gasteiger partial charge is 0.383 e. The zero-order valence-electron chi connectivity index (χ0n) is 14.6. The molecule has 0 atom stereocenters. The number of fused-ring (bicyclic) bond motifs is 2.